The Labute approximate surface area is 448 Å². The Bertz CT molecular complexity index is 2690. The van der Waals surface area contributed by atoms with Crippen LogP contribution < -0.4 is 37.1 Å². The van der Waals surface area contributed by atoms with E-state index in [9.17, 15) is 54.0 Å². The molecule has 412 valence electrons. The molecule has 0 spiro atoms. The van der Waals surface area contributed by atoms with Crippen molar-refractivity contribution in [3.63, 3.8) is 0 Å². The molecule has 10 atom stereocenters. The van der Waals surface area contributed by atoms with E-state index in [0.29, 0.717) is 12.2 Å². The Hall–Kier alpha value is -7.39. The summed E-state index contributed by atoms with van der Waals surface area (Å²) in [4.78, 5) is 101. The Morgan fingerprint density at radius 3 is 1.90 bits per heavy atom. The average molecular weight is 1060 g/mol. The van der Waals surface area contributed by atoms with Crippen molar-refractivity contribution in [2.24, 2.45) is 5.73 Å². The van der Waals surface area contributed by atoms with Gasteiger partial charge in [-0.15, -0.1) is 0 Å². The Balaban J connectivity index is 1.11. The highest BCUT2D eigenvalue weighted by Gasteiger charge is 2.46. The van der Waals surface area contributed by atoms with E-state index < -0.39 is 102 Å². The van der Waals surface area contributed by atoms with Crippen molar-refractivity contribution in [3.05, 3.63) is 108 Å². The lowest BCUT2D eigenvalue weighted by atomic mass is 9.99. The van der Waals surface area contributed by atoms with Crippen molar-refractivity contribution in [3.8, 4) is 33.8 Å². The van der Waals surface area contributed by atoms with E-state index >= 15 is 0 Å². The normalized spacial score (nSPS) is 24.8. The first-order chi connectivity index (χ1) is 36.9. The number of rotatable bonds is 14. The molecule has 11 N–H and O–H groups in total. The molecule has 0 radical (unpaired) electrons. The molecule has 6 unspecified atom stereocenters. The van der Waals surface area contributed by atoms with Gasteiger partial charge in [0.1, 0.15) is 47.8 Å². The number of carbonyl (C=O) groups excluding carboxylic acids is 7. The zero-order valence-electron chi connectivity index (χ0n) is 43.7. The summed E-state index contributed by atoms with van der Waals surface area (Å²) in [5, 5.41) is 56.0. The van der Waals surface area contributed by atoms with Gasteiger partial charge in [0.05, 0.1) is 24.9 Å². The quantitative estimate of drug-likeness (QED) is 0.0811. The number of fused-ring (bicyclic) bond motifs is 2. The number of nitrogens with one attached hydrogen (secondary N) is 5. The molecule has 3 heterocycles. The Morgan fingerprint density at radius 1 is 0.727 bits per heavy atom. The fourth-order valence-corrected chi connectivity index (χ4v) is 9.95. The topological polar surface area (TPSA) is 302 Å². The largest absolute Gasteiger partial charge is 0.508 e. The first kappa shape index (κ1) is 57.3. The van der Waals surface area contributed by atoms with Gasteiger partial charge in [0.25, 0.3) is 5.91 Å². The predicted molar refractivity (Wildman–Crippen MR) is 286 cm³/mol. The van der Waals surface area contributed by atoms with Gasteiger partial charge in [0, 0.05) is 37.7 Å². The second-order valence-electron chi connectivity index (χ2n) is 20.2. The maximum atomic E-state index is 14.4. The van der Waals surface area contributed by atoms with Gasteiger partial charge in [-0.2, -0.15) is 0 Å². The molecule has 77 heavy (non-hydrogen) atoms. The number of aliphatic hydroxyl groups is 3. The first-order valence-electron chi connectivity index (χ1n) is 26.5. The van der Waals surface area contributed by atoms with Crippen LogP contribution in [-0.2, 0) is 35.2 Å². The van der Waals surface area contributed by atoms with Crippen LogP contribution in [0.25, 0.3) is 22.3 Å². The highest BCUT2D eigenvalue weighted by atomic mass is 16.5. The van der Waals surface area contributed by atoms with Crippen molar-refractivity contribution >= 4 is 41.4 Å². The van der Waals surface area contributed by atoms with Crippen molar-refractivity contribution in [1.82, 2.24) is 36.4 Å². The number of phenolic OH excluding ortho intramolecular Hbond substituents is 1. The molecule has 0 saturated carbocycles. The number of amides is 7. The standard InChI is InChI=1S/C57H72N8O12/c1-4-5-6-30-77-43-24-20-39(21-25-43)37-14-12-36(13-15-37)38-16-18-40(19-17-38)51(70)60-45-8-7-28-59-55(74)50-44(58)27-29-64(50)56(75)48(33(2)66)62-53(72)46(26-11-35-9-22-41(68)23-10-35)61-54(73)47-31-42(69)32-65(47)57(76)49(34(3)67)63-52(45)71/h9-10,12-25,33-34,42,44-50,66-69H,4-8,11,26-32,58H2,1-3H3,(H,59,74)(H,60,70)(H,61,73)(H,62,72)(H,63,71)/t33-,34-,42-,44-,45?,46?,47?,48?,49?,50?/m1/s1. The third-order valence-corrected chi connectivity index (χ3v) is 14.4. The summed E-state index contributed by atoms with van der Waals surface area (Å²) in [5.41, 5.74) is 11.0. The highest BCUT2D eigenvalue weighted by Crippen LogP contribution is 2.28. The van der Waals surface area contributed by atoms with Crippen LogP contribution in [0.2, 0.25) is 0 Å². The fourth-order valence-electron chi connectivity index (χ4n) is 9.95. The minimum absolute atomic E-state index is 0.00318. The number of nitrogens with zero attached hydrogens (tertiary/aromatic N) is 2. The molecular weight excluding hydrogens is 989 g/mol. The number of carbonyl (C=O) groups is 7. The van der Waals surface area contributed by atoms with Gasteiger partial charge in [-0.3, -0.25) is 33.6 Å². The van der Waals surface area contributed by atoms with Gasteiger partial charge in [-0.1, -0.05) is 80.4 Å². The highest BCUT2D eigenvalue weighted by molar-refractivity contribution is 6.00. The van der Waals surface area contributed by atoms with Crippen molar-refractivity contribution in [1.29, 1.82) is 0 Å². The number of aromatic hydroxyl groups is 1. The Morgan fingerprint density at radius 2 is 1.30 bits per heavy atom. The fraction of sp³-hybridized carbons (Fsp3) is 0.456. The Kier molecular flexibility index (Phi) is 19.8. The lowest BCUT2D eigenvalue weighted by Gasteiger charge is -2.32. The number of aryl methyl sites for hydroxylation is 1. The van der Waals surface area contributed by atoms with E-state index in [0.717, 1.165) is 52.2 Å². The molecule has 3 aliphatic rings. The first-order valence-corrected chi connectivity index (χ1v) is 26.5. The van der Waals surface area contributed by atoms with Crippen LogP contribution in [0.4, 0.5) is 0 Å². The van der Waals surface area contributed by atoms with Crippen LogP contribution in [0.3, 0.4) is 0 Å². The number of hydrogen-bond acceptors (Lipinski definition) is 13. The van der Waals surface area contributed by atoms with Gasteiger partial charge >= 0.3 is 0 Å². The van der Waals surface area contributed by atoms with Crippen LogP contribution >= 0.6 is 0 Å². The van der Waals surface area contributed by atoms with Crippen LogP contribution in [0.5, 0.6) is 11.5 Å². The molecule has 3 fully saturated rings. The van der Waals surface area contributed by atoms with Gasteiger partial charge in [-0.05, 0) is 117 Å². The van der Waals surface area contributed by atoms with E-state index in [-0.39, 0.29) is 69.5 Å². The smallest absolute Gasteiger partial charge is 0.251 e. The molecule has 0 aliphatic carbocycles. The van der Waals surface area contributed by atoms with Crippen molar-refractivity contribution < 1.29 is 58.7 Å². The zero-order chi connectivity index (χ0) is 55.3. The molecule has 7 amide bonds. The molecule has 3 saturated heterocycles. The van der Waals surface area contributed by atoms with Crippen LogP contribution in [0.15, 0.2) is 97.1 Å². The van der Waals surface area contributed by atoms with Crippen LogP contribution in [0.1, 0.15) is 88.1 Å². The zero-order valence-corrected chi connectivity index (χ0v) is 43.7. The summed E-state index contributed by atoms with van der Waals surface area (Å²) < 4.78 is 5.86. The molecule has 0 aromatic heterocycles. The summed E-state index contributed by atoms with van der Waals surface area (Å²) in [6.45, 7) is 4.95. The predicted octanol–water partition coefficient (Wildman–Crippen LogP) is 2.04. The summed E-state index contributed by atoms with van der Waals surface area (Å²) in [6.07, 6.45) is -0.974. The molecular formula is C57H72N8O12. The van der Waals surface area contributed by atoms with E-state index in [2.05, 4.69) is 33.5 Å². The molecule has 20 nitrogen and oxygen atoms in total. The van der Waals surface area contributed by atoms with E-state index in [1.165, 1.54) is 30.9 Å². The minimum atomic E-state index is -1.68. The SMILES string of the molecule is CCCCCOc1ccc(-c2ccc(-c3ccc(C(=O)NC4CCCNC(=O)C5[C@H](N)CCN5C(=O)C([C@@H](C)O)NC(=O)C(CCc5ccc(O)cc5)NC(=O)C5C[C@@H](O)CN5C(=O)C([C@@H](C)O)NC4=O)cc3)cc2)cc1. The molecule has 0 bridgehead atoms. The maximum Gasteiger partial charge on any atom is 0.251 e. The molecule has 7 rings (SSSR count). The van der Waals surface area contributed by atoms with E-state index in [1.807, 2.05) is 48.5 Å². The van der Waals surface area contributed by atoms with Crippen LogP contribution in [0, 0.1) is 0 Å². The van der Waals surface area contributed by atoms with Gasteiger partial charge < -0.3 is 67.3 Å². The van der Waals surface area contributed by atoms with E-state index in [4.69, 9.17) is 10.5 Å². The lowest BCUT2D eigenvalue weighted by molar-refractivity contribution is -0.145. The summed E-state index contributed by atoms with van der Waals surface area (Å²) in [6, 6.07) is 19.3. The number of phenols is 1. The summed E-state index contributed by atoms with van der Waals surface area (Å²) in [7, 11) is 0. The van der Waals surface area contributed by atoms with E-state index in [1.54, 1.807) is 36.4 Å². The minimum Gasteiger partial charge on any atom is -0.508 e. The third kappa shape index (κ3) is 14.8. The van der Waals surface area contributed by atoms with Gasteiger partial charge in [0.15, 0.2) is 0 Å². The van der Waals surface area contributed by atoms with Crippen molar-refractivity contribution in [2.45, 2.75) is 139 Å². The molecule has 3 aliphatic heterocycles. The number of nitrogens with two attached hydrogens (primary N) is 1. The third-order valence-electron chi connectivity index (χ3n) is 14.4. The monoisotopic (exact) mass is 1060 g/mol. The van der Waals surface area contributed by atoms with Gasteiger partial charge in [0.2, 0.25) is 35.4 Å². The average Bonchev–Trinajstić information content (AvgIpc) is 4.03. The van der Waals surface area contributed by atoms with Gasteiger partial charge in [-0.25, -0.2) is 0 Å². The molecule has 20 heteroatoms. The summed E-state index contributed by atoms with van der Waals surface area (Å²) >= 11 is 0. The number of hydrogen-bond donors (Lipinski definition) is 10. The van der Waals surface area contributed by atoms with Crippen LogP contribution in [-0.4, -0.2) is 158 Å². The summed E-state index contributed by atoms with van der Waals surface area (Å²) in [5.74, 6) is -4.81. The number of ether oxygens (including phenoxy) is 1. The maximum absolute atomic E-state index is 14.4. The lowest BCUT2D eigenvalue weighted by Crippen LogP contribution is -2.62. The molecule has 4 aromatic rings. The second-order valence-corrected chi connectivity index (χ2v) is 20.2. The number of unbranched alkanes of at least 4 members (excludes halogenated alkanes) is 2. The van der Waals surface area contributed by atoms with Crippen molar-refractivity contribution in [2.75, 3.05) is 26.2 Å². The number of benzene rings is 4. The second kappa shape index (κ2) is 26.6. The number of aliphatic hydroxyl groups excluding tert-OH is 3. The molecule has 4 aromatic carbocycles.